The minimum absolute atomic E-state index is 0. The second-order valence-corrected chi connectivity index (χ2v) is 6.33. The summed E-state index contributed by atoms with van der Waals surface area (Å²) in [5, 5.41) is 15.1. The predicted molar refractivity (Wildman–Crippen MR) is 119 cm³/mol. The molecule has 0 bridgehead atoms. The van der Waals surface area contributed by atoms with Crippen molar-refractivity contribution in [2.24, 2.45) is 4.99 Å². The van der Waals surface area contributed by atoms with Crippen LogP contribution >= 0.6 is 24.0 Å². The number of aliphatic imine (C=N–C) groups is 1. The summed E-state index contributed by atoms with van der Waals surface area (Å²) < 4.78 is 1.96. The van der Waals surface area contributed by atoms with Gasteiger partial charge in [0.05, 0.1) is 6.54 Å². The van der Waals surface area contributed by atoms with Gasteiger partial charge in [0.2, 0.25) is 0 Å². The highest BCUT2D eigenvalue weighted by molar-refractivity contribution is 14.0. The van der Waals surface area contributed by atoms with E-state index >= 15 is 0 Å². The molecule has 0 aliphatic heterocycles. The third kappa shape index (κ3) is 5.64. The van der Waals surface area contributed by atoms with Crippen molar-refractivity contribution >= 4 is 35.6 Å². The third-order valence-corrected chi connectivity index (χ3v) is 4.07. The molecule has 27 heavy (non-hydrogen) atoms. The molecule has 0 unspecified atom stereocenters. The average molecular weight is 479 g/mol. The average Bonchev–Trinajstić information content (AvgIpc) is 3.06. The van der Waals surface area contributed by atoms with Crippen LogP contribution in [0.5, 0.6) is 0 Å². The van der Waals surface area contributed by atoms with Gasteiger partial charge in [-0.2, -0.15) is 0 Å². The first-order chi connectivity index (χ1) is 12.7. The van der Waals surface area contributed by atoms with Gasteiger partial charge in [-0.3, -0.25) is 9.39 Å². The molecule has 2 heterocycles. The van der Waals surface area contributed by atoms with E-state index in [4.69, 9.17) is 0 Å². The van der Waals surface area contributed by atoms with Crippen molar-refractivity contribution in [2.75, 3.05) is 21.1 Å². The lowest BCUT2D eigenvalue weighted by atomic mass is 10.1. The van der Waals surface area contributed by atoms with Gasteiger partial charge in [0.15, 0.2) is 17.4 Å². The maximum absolute atomic E-state index is 4.30. The van der Waals surface area contributed by atoms with Crippen molar-refractivity contribution in [1.29, 1.82) is 0 Å². The van der Waals surface area contributed by atoms with Crippen LogP contribution in [0, 0.1) is 0 Å². The van der Waals surface area contributed by atoms with Crippen molar-refractivity contribution < 1.29 is 0 Å². The number of rotatable bonds is 6. The number of benzene rings is 1. The van der Waals surface area contributed by atoms with E-state index in [1.54, 1.807) is 7.05 Å². The lowest BCUT2D eigenvalue weighted by Gasteiger charge is -2.16. The fourth-order valence-electron chi connectivity index (χ4n) is 2.80. The largest absolute Gasteiger partial charge is 0.352 e. The maximum Gasteiger partial charge on any atom is 0.191 e. The number of hydrogen-bond acceptors (Lipinski definition) is 4. The Morgan fingerprint density at radius 2 is 1.70 bits per heavy atom. The zero-order valence-corrected chi connectivity index (χ0v) is 18.2. The van der Waals surface area contributed by atoms with Crippen LogP contribution in [0.2, 0.25) is 0 Å². The molecule has 8 heteroatoms. The number of nitrogens with one attached hydrogen (secondary N) is 2. The van der Waals surface area contributed by atoms with E-state index in [1.165, 1.54) is 11.1 Å². The van der Waals surface area contributed by atoms with Gasteiger partial charge in [-0.05, 0) is 37.4 Å². The normalized spacial score (nSPS) is 11.5. The van der Waals surface area contributed by atoms with E-state index in [0.717, 1.165) is 24.0 Å². The Hall–Kier alpha value is -2.20. The lowest BCUT2D eigenvalue weighted by Crippen LogP contribution is -2.37. The van der Waals surface area contributed by atoms with Crippen molar-refractivity contribution in [1.82, 2.24) is 30.1 Å². The Balaban J connectivity index is 0.00000261. The fraction of sp³-hybridized carbons (Fsp3) is 0.316. The number of nitrogens with zero attached hydrogens (tertiary/aromatic N) is 5. The van der Waals surface area contributed by atoms with Crippen molar-refractivity contribution in [3.63, 3.8) is 0 Å². The molecule has 0 aliphatic carbocycles. The van der Waals surface area contributed by atoms with Crippen LogP contribution in [0.1, 0.15) is 17.0 Å². The maximum atomic E-state index is 4.30. The lowest BCUT2D eigenvalue weighted by molar-refractivity contribution is 0.400. The van der Waals surface area contributed by atoms with Gasteiger partial charge in [-0.1, -0.05) is 30.3 Å². The van der Waals surface area contributed by atoms with Crippen LogP contribution in [0.4, 0.5) is 0 Å². The molecule has 3 aromatic rings. The molecule has 0 spiro atoms. The summed E-state index contributed by atoms with van der Waals surface area (Å²) in [4.78, 5) is 6.47. The molecule has 0 radical (unpaired) electrons. The molecular formula is C19H26IN7. The summed E-state index contributed by atoms with van der Waals surface area (Å²) in [6, 6.07) is 14.3. The topological polar surface area (TPSA) is 69.8 Å². The van der Waals surface area contributed by atoms with Crippen LogP contribution in [0.3, 0.4) is 0 Å². The number of aromatic nitrogens is 3. The van der Waals surface area contributed by atoms with E-state index in [-0.39, 0.29) is 24.0 Å². The monoisotopic (exact) mass is 479 g/mol. The Kier molecular flexibility index (Phi) is 7.99. The van der Waals surface area contributed by atoms with E-state index in [2.05, 4.69) is 69.1 Å². The third-order valence-electron chi connectivity index (χ3n) is 4.07. The summed E-state index contributed by atoms with van der Waals surface area (Å²) in [6.45, 7) is 2.17. The molecule has 0 amide bonds. The smallest absolute Gasteiger partial charge is 0.191 e. The molecule has 3 rings (SSSR count). The van der Waals surface area contributed by atoms with Crippen molar-refractivity contribution in [2.45, 2.75) is 19.6 Å². The van der Waals surface area contributed by atoms with Crippen molar-refractivity contribution in [3.05, 3.63) is 65.6 Å². The minimum Gasteiger partial charge on any atom is -0.352 e. The summed E-state index contributed by atoms with van der Waals surface area (Å²) in [7, 11) is 5.92. The first-order valence-electron chi connectivity index (χ1n) is 8.62. The second-order valence-electron chi connectivity index (χ2n) is 6.33. The molecule has 0 fully saturated rings. The van der Waals surface area contributed by atoms with E-state index < -0.39 is 0 Å². The molecule has 0 aliphatic rings. The van der Waals surface area contributed by atoms with Crippen molar-refractivity contribution in [3.8, 4) is 0 Å². The molecule has 7 nitrogen and oxygen atoms in total. The molecule has 2 aromatic heterocycles. The Labute approximate surface area is 176 Å². The van der Waals surface area contributed by atoms with E-state index in [0.29, 0.717) is 13.1 Å². The van der Waals surface area contributed by atoms with Gasteiger partial charge in [-0.25, -0.2) is 0 Å². The zero-order chi connectivity index (χ0) is 18.4. The molecule has 2 N–H and O–H groups in total. The Bertz CT molecular complexity index is 888. The number of halogens is 1. The van der Waals surface area contributed by atoms with Gasteiger partial charge < -0.3 is 15.5 Å². The quantitative estimate of drug-likeness (QED) is 0.323. The summed E-state index contributed by atoms with van der Waals surface area (Å²) in [5.41, 5.74) is 3.41. The molecule has 0 atom stereocenters. The van der Waals surface area contributed by atoms with Crippen LogP contribution in [-0.2, 0) is 19.6 Å². The van der Waals surface area contributed by atoms with Gasteiger partial charge in [0.25, 0.3) is 0 Å². The van der Waals surface area contributed by atoms with Gasteiger partial charge in [0.1, 0.15) is 0 Å². The summed E-state index contributed by atoms with van der Waals surface area (Å²) >= 11 is 0. The van der Waals surface area contributed by atoms with Crippen LogP contribution < -0.4 is 10.6 Å². The number of hydrogen-bond donors (Lipinski definition) is 2. The Morgan fingerprint density at radius 1 is 1.00 bits per heavy atom. The highest BCUT2D eigenvalue weighted by Crippen LogP contribution is 2.10. The predicted octanol–water partition coefficient (Wildman–Crippen LogP) is 2.27. The summed E-state index contributed by atoms with van der Waals surface area (Å²) in [5.74, 6) is 1.58. The number of pyridine rings is 1. The molecule has 0 saturated carbocycles. The second kappa shape index (κ2) is 10.2. The zero-order valence-electron chi connectivity index (χ0n) is 15.9. The minimum atomic E-state index is 0. The van der Waals surface area contributed by atoms with E-state index in [9.17, 15) is 0 Å². The highest BCUT2D eigenvalue weighted by atomic mass is 127. The van der Waals surface area contributed by atoms with Gasteiger partial charge >= 0.3 is 0 Å². The SMILES string of the molecule is CN=C(NCc1ccccc1CN(C)C)NCc1nnc2ccccn12.I. The Morgan fingerprint density at radius 3 is 2.44 bits per heavy atom. The molecular weight excluding hydrogens is 453 g/mol. The van der Waals surface area contributed by atoms with Gasteiger partial charge in [0, 0.05) is 26.3 Å². The van der Waals surface area contributed by atoms with Crippen LogP contribution in [-0.4, -0.2) is 46.6 Å². The van der Waals surface area contributed by atoms with Crippen LogP contribution in [0.25, 0.3) is 5.65 Å². The fourth-order valence-corrected chi connectivity index (χ4v) is 2.80. The number of fused-ring (bicyclic) bond motifs is 1. The standard InChI is InChI=1S/C19H25N7.HI/c1-20-19(21-12-15-8-4-5-9-16(15)14-25(2)3)22-13-18-24-23-17-10-6-7-11-26(17)18;/h4-11H,12-14H2,1-3H3,(H2,20,21,22);1H. The molecule has 0 saturated heterocycles. The number of guanidine groups is 1. The first kappa shape index (κ1) is 21.1. The van der Waals surface area contributed by atoms with Gasteiger partial charge in [-0.15, -0.1) is 34.2 Å². The summed E-state index contributed by atoms with van der Waals surface area (Å²) in [6.07, 6.45) is 1.96. The highest BCUT2D eigenvalue weighted by Gasteiger charge is 2.07. The van der Waals surface area contributed by atoms with E-state index in [1.807, 2.05) is 28.8 Å². The molecule has 144 valence electrons. The van der Waals surface area contributed by atoms with Crippen LogP contribution in [0.15, 0.2) is 53.7 Å². The molecule has 1 aromatic carbocycles. The first-order valence-corrected chi connectivity index (χ1v) is 8.62.